The fraction of sp³-hybridized carbons (Fsp3) is 0.200. The number of rotatable bonds is 3. The van der Waals surface area contributed by atoms with Crippen LogP contribution >= 0.6 is 15.9 Å². The number of carbonyl (C=O) groups is 1. The normalized spacial score (nSPS) is 11.4. The van der Waals surface area contributed by atoms with Crippen molar-refractivity contribution in [3.05, 3.63) is 52.5 Å². The highest BCUT2D eigenvalue weighted by Gasteiger charge is 2.23. The van der Waals surface area contributed by atoms with Gasteiger partial charge in [-0.15, -0.1) is 0 Å². The zero-order valence-corrected chi connectivity index (χ0v) is 12.7. The Bertz CT molecular complexity index is 786. The fourth-order valence-electron chi connectivity index (χ4n) is 2.23. The van der Waals surface area contributed by atoms with E-state index in [-0.39, 0.29) is 11.8 Å². The van der Waals surface area contributed by atoms with Crippen LogP contribution in [0.5, 0.6) is 0 Å². The van der Waals surface area contributed by atoms with Crippen molar-refractivity contribution in [3.63, 3.8) is 0 Å². The maximum atomic E-state index is 12.8. The number of benzene rings is 1. The molecule has 0 unspecified atom stereocenters. The Kier molecular flexibility index (Phi) is 3.22. The van der Waals surface area contributed by atoms with Crippen LogP contribution in [0.3, 0.4) is 0 Å². The van der Waals surface area contributed by atoms with Crippen molar-refractivity contribution < 1.29 is 9.21 Å². The molecule has 0 N–H and O–H groups in total. The molecular weight excluding hydrogens is 320 g/mol. The van der Waals surface area contributed by atoms with Gasteiger partial charge in [0.2, 0.25) is 5.78 Å². The lowest BCUT2D eigenvalue weighted by molar-refractivity contribution is 0.102. The Morgan fingerprint density at radius 2 is 2.10 bits per heavy atom. The minimum absolute atomic E-state index is 0.0898. The summed E-state index contributed by atoms with van der Waals surface area (Å²) in [6.07, 6.45) is 3.16. The molecule has 0 atom stereocenters. The average Bonchev–Trinajstić information content (AvgIpc) is 3.01. The van der Waals surface area contributed by atoms with Gasteiger partial charge in [0.05, 0.1) is 16.2 Å². The van der Waals surface area contributed by atoms with E-state index in [2.05, 4.69) is 21.0 Å². The van der Waals surface area contributed by atoms with E-state index in [1.807, 2.05) is 38.1 Å². The van der Waals surface area contributed by atoms with Crippen LogP contribution in [0, 0.1) is 0 Å². The summed E-state index contributed by atoms with van der Waals surface area (Å²) in [5.74, 6) is -0.0898. The van der Waals surface area contributed by atoms with Crippen LogP contribution < -0.4 is 0 Å². The first-order valence-electron chi connectivity index (χ1n) is 6.33. The molecule has 0 amide bonds. The molecule has 0 bridgehead atoms. The van der Waals surface area contributed by atoms with Gasteiger partial charge in [0.1, 0.15) is 17.5 Å². The van der Waals surface area contributed by atoms with E-state index in [1.165, 1.54) is 6.26 Å². The van der Waals surface area contributed by atoms with Crippen LogP contribution in [0.4, 0.5) is 0 Å². The summed E-state index contributed by atoms with van der Waals surface area (Å²) < 4.78 is 7.85. The third kappa shape index (κ3) is 1.98. The number of ketones is 1. The number of hydrogen-bond donors (Lipinski definition) is 0. The fourth-order valence-corrected chi connectivity index (χ4v) is 2.68. The van der Waals surface area contributed by atoms with Gasteiger partial charge >= 0.3 is 0 Å². The minimum Gasteiger partial charge on any atom is -0.464 e. The molecule has 3 aromatic rings. The van der Waals surface area contributed by atoms with Crippen molar-refractivity contribution in [1.29, 1.82) is 0 Å². The number of hydrogen-bond acceptors (Lipinski definition) is 3. The molecule has 0 spiro atoms. The van der Waals surface area contributed by atoms with E-state index in [0.717, 1.165) is 5.39 Å². The van der Waals surface area contributed by atoms with Gasteiger partial charge in [-0.25, -0.2) is 0 Å². The SMILES string of the molecule is CC(C)n1ncc(Br)c1C(=O)c1coc2ccccc12. The molecule has 0 radical (unpaired) electrons. The maximum Gasteiger partial charge on any atom is 0.216 e. The molecule has 0 fully saturated rings. The molecular formula is C15H13BrN2O2. The van der Waals surface area contributed by atoms with E-state index in [1.54, 1.807) is 10.9 Å². The van der Waals surface area contributed by atoms with E-state index < -0.39 is 0 Å². The molecule has 2 heterocycles. The van der Waals surface area contributed by atoms with Gasteiger partial charge in [0.15, 0.2) is 0 Å². The molecule has 2 aromatic heterocycles. The first-order chi connectivity index (χ1) is 9.59. The van der Waals surface area contributed by atoms with Gasteiger partial charge in [-0.3, -0.25) is 9.48 Å². The van der Waals surface area contributed by atoms with E-state index in [4.69, 9.17) is 4.42 Å². The summed E-state index contributed by atoms with van der Waals surface area (Å²) in [6.45, 7) is 3.98. The highest BCUT2D eigenvalue weighted by atomic mass is 79.9. The van der Waals surface area contributed by atoms with Gasteiger partial charge in [-0.2, -0.15) is 5.10 Å². The monoisotopic (exact) mass is 332 g/mol. The lowest BCUT2D eigenvalue weighted by atomic mass is 10.1. The van der Waals surface area contributed by atoms with Gasteiger partial charge < -0.3 is 4.42 Å². The first-order valence-corrected chi connectivity index (χ1v) is 7.13. The quantitative estimate of drug-likeness (QED) is 0.675. The second-order valence-electron chi connectivity index (χ2n) is 4.85. The molecule has 0 aliphatic rings. The maximum absolute atomic E-state index is 12.8. The molecule has 5 heteroatoms. The van der Waals surface area contributed by atoms with Gasteiger partial charge in [-0.1, -0.05) is 18.2 Å². The van der Waals surface area contributed by atoms with Crippen molar-refractivity contribution >= 4 is 32.7 Å². The summed E-state index contributed by atoms with van der Waals surface area (Å²) in [5.41, 5.74) is 1.82. The standard InChI is InChI=1S/C15H13BrN2O2/c1-9(2)18-14(12(16)7-17-18)15(19)11-8-20-13-6-4-3-5-10(11)13/h3-9H,1-2H3. The second-order valence-corrected chi connectivity index (χ2v) is 5.71. The number of carbonyl (C=O) groups excluding carboxylic acids is 1. The summed E-state index contributed by atoms with van der Waals surface area (Å²) in [4.78, 5) is 12.8. The zero-order chi connectivity index (χ0) is 14.3. The van der Waals surface area contributed by atoms with Crippen molar-refractivity contribution in [3.8, 4) is 0 Å². The third-order valence-corrected chi connectivity index (χ3v) is 3.76. The van der Waals surface area contributed by atoms with Crippen LogP contribution in [0.15, 0.2) is 45.6 Å². The highest BCUT2D eigenvalue weighted by molar-refractivity contribution is 9.10. The average molecular weight is 333 g/mol. The zero-order valence-electron chi connectivity index (χ0n) is 11.1. The molecule has 0 aliphatic heterocycles. The van der Waals surface area contributed by atoms with Crippen LogP contribution in [-0.2, 0) is 0 Å². The highest BCUT2D eigenvalue weighted by Crippen LogP contribution is 2.27. The Hall–Kier alpha value is -1.88. The number of nitrogens with zero attached hydrogens (tertiary/aromatic N) is 2. The van der Waals surface area contributed by atoms with Crippen LogP contribution in [0.2, 0.25) is 0 Å². The molecule has 0 aliphatic carbocycles. The largest absolute Gasteiger partial charge is 0.464 e. The summed E-state index contributed by atoms with van der Waals surface area (Å²) in [6, 6.07) is 7.62. The van der Waals surface area contributed by atoms with Gasteiger partial charge in [0.25, 0.3) is 0 Å². The lowest BCUT2D eigenvalue weighted by Crippen LogP contribution is -2.13. The molecule has 1 aromatic carbocycles. The number of furan rings is 1. The summed E-state index contributed by atoms with van der Waals surface area (Å²) in [7, 11) is 0. The van der Waals surface area contributed by atoms with E-state index in [9.17, 15) is 4.79 Å². The molecule has 102 valence electrons. The predicted octanol–water partition coefficient (Wildman–Crippen LogP) is 4.20. The summed E-state index contributed by atoms with van der Waals surface area (Å²) >= 11 is 3.40. The van der Waals surface area contributed by atoms with Crippen LogP contribution in [-0.4, -0.2) is 15.6 Å². The lowest BCUT2D eigenvalue weighted by Gasteiger charge is -2.09. The molecule has 20 heavy (non-hydrogen) atoms. The van der Waals surface area contributed by atoms with Gasteiger partial charge in [-0.05, 0) is 35.8 Å². The minimum atomic E-state index is -0.0898. The van der Waals surface area contributed by atoms with Crippen molar-refractivity contribution in [2.75, 3.05) is 0 Å². The van der Waals surface area contributed by atoms with Crippen molar-refractivity contribution in [2.45, 2.75) is 19.9 Å². The predicted molar refractivity (Wildman–Crippen MR) is 80.0 cm³/mol. The Morgan fingerprint density at radius 1 is 1.35 bits per heavy atom. The van der Waals surface area contributed by atoms with Crippen molar-refractivity contribution in [2.24, 2.45) is 0 Å². The number of halogens is 1. The van der Waals surface area contributed by atoms with Gasteiger partial charge in [0, 0.05) is 11.4 Å². The molecule has 3 rings (SSSR count). The Morgan fingerprint density at radius 3 is 2.85 bits per heavy atom. The number of fused-ring (bicyclic) bond motifs is 1. The number of aromatic nitrogens is 2. The summed E-state index contributed by atoms with van der Waals surface area (Å²) in [5, 5.41) is 5.06. The Labute approximate surface area is 124 Å². The van der Waals surface area contributed by atoms with E-state index >= 15 is 0 Å². The molecule has 0 saturated carbocycles. The van der Waals surface area contributed by atoms with E-state index in [0.29, 0.717) is 21.3 Å². The number of para-hydroxylation sites is 1. The smallest absolute Gasteiger partial charge is 0.216 e. The first kappa shape index (κ1) is 13.1. The Balaban J connectivity index is 2.16. The molecule has 0 saturated heterocycles. The molecule has 4 nitrogen and oxygen atoms in total. The van der Waals surface area contributed by atoms with Crippen molar-refractivity contribution in [1.82, 2.24) is 9.78 Å². The van der Waals surface area contributed by atoms with Crippen LogP contribution in [0.1, 0.15) is 35.9 Å². The van der Waals surface area contributed by atoms with Crippen LogP contribution in [0.25, 0.3) is 11.0 Å². The third-order valence-electron chi connectivity index (χ3n) is 3.18. The second kappa shape index (κ2) is 4.90. The topological polar surface area (TPSA) is 48.0 Å².